The standard InChI is InChI=1S/C18H26N2O4/c1-12(2)19-6-8-20(9-7-19)15-11-14(23-3)10-13-4-5-16(18(21)22)24-17(13)15/h10-12,16H,4-9H2,1-3H3,(H,21,22)/t16-/m1/s1. The van der Waals surface area contributed by atoms with Crippen LogP contribution in [0.2, 0.25) is 0 Å². The van der Waals surface area contributed by atoms with Gasteiger partial charge in [0.1, 0.15) is 11.5 Å². The van der Waals surface area contributed by atoms with E-state index in [1.54, 1.807) is 7.11 Å². The van der Waals surface area contributed by atoms with E-state index < -0.39 is 12.1 Å². The monoisotopic (exact) mass is 334 g/mol. The van der Waals surface area contributed by atoms with Crippen LogP contribution in [-0.2, 0) is 11.2 Å². The van der Waals surface area contributed by atoms with Gasteiger partial charge < -0.3 is 19.5 Å². The second-order valence-corrected chi connectivity index (χ2v) is 6.73. The fourth-order valence-corrected chi connectivity index (χ4v) is 3.46. The number of aryl methyl sites for hydroxylation is 1. The van der Waals surface area contributed by atoms with Gasteiger partial charge in [0.05, 0.1) is 12.8 Å². The SMILES string of the molecule is COc1cc2c(c(N3CCN(C(C)C)CC3)c1)O[C@@H](C(=O)O)CC2. The highest BCUT2D eigenvalue weighted by Crippen LogP contribution is 2.41. The molecule has 0 aliphatic carbocycles. The molecule has 1 saturated heterocycles. The molecule has 1 fully saturated rings. The van der Waals surface area contributed by atoms with Gasteiger partial charge in [0.15, 0.2) is 6.10 Å². The summed E-state index contributed by atoms with van der Waals surface area (Å²) in [7, 11) is 1.66. The molecule has 1 atom stereocenters. The number of methoxy groups -OCH3 is 1. The fraction of sp³-hybridized carbons (Fsp3) is 0.611. The van der Waals surface area contributed by atoms with Crippen LogP contribution in [0.1, 0.15) is 25.8 Å². The molecule has 0 bridgehead atoms. The largest absolute Gasteiger partial charge is 0.497 e. The first kappa shape index (κ1) is 16.9. The number of rotatable bonds is 4. The minimum absolute atomic E-state index is 0.496. The molecule has 1 aromatic carbocycles. The zero-order chi connectivity index (χ0) is 17.3. The molecular weight excluding hydrogens is 308 g/mol. The van der Waals surface area contributed by atoms with Gasteiger partial charge in [0.2, 0.25) is 0 Å². The molecule has 3 rings (SSSR count). The van der Waals surface area contributed by atoms with Gasteiger partial charge in [-0.25, -0.2) is 4.79 Å². The number of fused-ring (bicyclic) bond motifs is 1. The lowest BCUT2D eigenvalue weighted by molar-refractivity contribution is -0.145. The molecule has 6 heteroatoms. The number of hydrogen-bond acceptors (Lipinski definition) is 5. The van der Waals surface area contributed by atoms with Crippen molar-refractivity contribution in [2.24, 2.45) is 0 Å². The average molecular weight is 334 g/mol. The Bertz CT molecular complexity index is 609. The Balaban J connectivity index is 1.88. The zero-order valence-electron chi connectivity index (χ0n) is 14.6. The minimum atomic E-state index is -0.896. The van der Waals surface area contributed by atoms with Crippen LogP contribution < -0.4 is 14.4 Å². The number of ether oxygens (including phenoxy) is 2. The number of carbonyl (C=O) groups is 1. The van der Waals surface area contributed by atoms with Gasteiger partial charge >= 0.3 is 5.97 Å². The van der Waals surface area contributed by atoms with Gasteiger partial charge in [-0.05, 0) is 32.8 Å². The summed E-state index contributed by atoms with van der Waals surface area (Å²) in [6.45, 7) is 8.21. The Morgan fingerprint density at radius 3 is 2.58 bits per heavy atom. The van der Waals surface area contributed by atoms with Gasteiger partial charge in [-0.2, -0.15) is 0 Å². The lowest BCUT2D eigenvalue weighted by atomic mass is 10.00. The number of hydrogen-bond donors (Lipinski definition) is 1. The van der Waals surface area contributed by atoms with E-state index in [2.05, 4.69) is 23.6 Å². The molecule has 0 aromatic heterocycles. The van der Waals surface area contributed by atoms with Crippen LogP contribution in [0.25, 0.3) is 0 Å². The summed E-state index contributed by atoms with van der Waals surface area (Å²) >= 11 is 0. The maximum absolute atomic E-state index is 11.3. The van der Waals surface area contributed by atoms with Crippen LogP contribution in [0, 0.1) is 0 Å². The molecule has 2 aliphatic heterocycles. The second-order valence-electron chi connectivity index (χ2n) is 6.73. The smallest absolute Gasteiger partial charge is 0.344 e. The van der Waals surface area contributed by atoms with Crippen molar-refractivity contribution in [2.75, 3.05) is 38.2 Å². The molecule has 24 heavy (non-hydrogen) atoms. The van der Waals surface area contributed by atoms with Crippen molar-refractivity contribution in [2.45, 2.75) is 38.8 Å². The normalized spacial score (nSPS) is 21.3. The highest BCUT2D eigenvalue weighted by atomic mass is 16.5. The Morgan fingerprint density at radius 1 is 1.29 bits per heavy atom. The van der Waals surface area contributed by atoms with Gasteiger partial charge in [0, 0.05) is 43.9 Å². The molecule has 132 valence electrons. The van der Waals surface area contributed by atoms with Crippen molar-refractivity contribution < 1.29 is 19.4 Å². The summed E-state index contributed by atoms with van der Waals surface area (Å²) in [6, 6.07) is 4.47. The van der Waals surface area contributed by atoms with Crippen LogP contribution in [0.15, 0.2) is 12.1 Å². The molecule has 0 saturated carbocycles. The molecule has 1 aromatic rings. The second kappa shape index (κ2) is 6.89. The number of benzene rings is 1. The van der Waals surface area contributed by atoms with Crippen molar-refractivity contribution in [1.29, 1.82) is 0 Å². The first-order valence-electron chi connectivity index (χ1n) is 8.59. The summed E-state index contributed by atoms with van der Waals surface area (Å²) in [4.78, 5) is 16.1. The lowest BCUT2D eigenvalue weighted by Crippen LogP contribution is -2.49. The Hall–Kier alpha value is -1.95. The van der Waals surface area contributed by atoms with Crippen molar-refractivity contribution >= 4 is 11.7 Å². The van der Waals surface area contributed by atoms with Crippen molar-refractivity contribution in [3.8, 4) is 11.5 Å². The number of piperazine rings is 1. The summed E-state index contributed by atoms with van der Waals surface area (Å²) in [5.74, 6) is 0.618. The Kier molecular flexibility index (Phi) is 4.85. The Labute approximate surface area is 143 Å². The molecule has 2 aliphatic rings. The third-order valence-corrected chi connectivity index (χ3v) is 4.95. The molecule has 0 radical (unpaired) electrons. The third kappa shape index (κ3) is 3.29. The molecule has 1 N–H and O–H groups in total. The lowest BCUT2D eigenvalue weighted by Gasteiger charge is -2.39. The quantitative estimate of drug-likeness (QED) is 0.909. The first-order chi connectivity index (χ1) is 11.5. The average Bonchev–Trinajstić information content (AvgIpc) is 2.60. The van der Waals surface area contributed by atoms with Crippen molar-refractivity contribution in [3.63, 3.8) is 0 Å². The van der Waals surface area contributed by atoms with Gasteiger partial charge in [-0.1, -0.05) is 0 Å². The van der Waals surface area contributed by atoms with Crippen LogP contribution in [-0.4, -0.2) is 61.4 Å². The van der Waals surface area contributed by atoms with Crippen molar-refractivity contribution in [1.82, 2.24) is 4.90 Å². The van der Waals surface area contributed by atoms with E-state index >= 15 is 0 Å². The van der Waals surface area contributed by atoms with Gasteiger partial charge in [0.25, 0.3) is 0 Å². The maximum atomic E-state index is 11.3. The minimum Gasteiger partial charge on any atom is -0.497 e. The van der Waals surface area contributed by atoms with Crippen LogP contribution in [0.3, 0.4) is 0 Å². The summed E-state index contributed by atoms with van der Waals surface area (Å²) < 4.78 is 11.3. The number of aliphatic carboxylic acids is 1. The van der Waals surface area contributed by atoms with E-state index in [0.29, 0.717) is 24.6 Å². The summed E-state index contributed by atoms with van der Waals surface area (Å²) in [6.07, 6.45) is 0.431. The third-order valence-electron chi connectivity index (χ3n) is 4.95. The van der Waals surface area contributed by atoms with E-state index in [-0.39, 0.29) is 0 Å². The number of carboxylic acids is 1. The highest BCUT2D eigenvalue weighted by molar-refractivity contribution is 5.75. The molecule has 6 nitrogen and oxygen atoms in total. The molecule has 0 amide bonds. The van der Waals surface area contributed by atoms with E-state index in [1.165, 1.54) is 0 Å². The van der Waals surface area contributed by atoms with Crippen LogP contribution >= 0.6 is 0 Å². The zero-order valence-corrected chi connectivity index (χ0v) is 14.6. The van der Waals surface area contributed by atoms with Gasteiger partial charge in [-0.3, -0.25) is 4.90 Å². The molecular formula is C18H26N2O4. The van der Waals surface area contributed by atoms with Crippen LogP contribution in [0.5, 0.6) is 11.5 Å². The maximum Gasteiger partial charge on any atom is 0.344 e. The topological polar surface area (TPSA) is 62.2 Å². The fourth-order valence-electron chi connectivity index (χ4n) is 3.46. The van der Waals surface area contributed by atoms with Crippen molar-refractivity contribution in [3.05, 3.63) is 17.7 Å². The van der Waals surface area contributed by atoms with Crippen LogP contribution in [0.4, 0.5) is 5.69 Å². The predicted octanol–water partition coefficient (Wildman–Crippen LogP) is 2.00. The number of carboxylic acid groups (broad SMARTS) is 1. The summed E-state index contributed by atoms with van der Waals surface area (Å²) in [5.41, 5.74) is 1.99. The molecule has 0 spiro atoms. The van der Waals surface area contributed by atoms with E-state index in [4.69, 9.17) is 9.47 Å². The highest BCUT2D eigenvalue weighted by Gasteiger charge is 2.30. The Morgan fingerprint density at radius 2 is 2.00 bits per heavy atom. The van der Waals surface area contributed by atoms with E-state index in [0.717, 1.165) is 43.2 Å². The van der Waals surface area contributed by atoms with Gasteiger partial charge in [-0.15, -0.1) is 0 Å². The number of anilines is 1. The predicted molar refractivity (Wildman–Crippen MR) is 92.3 cm³/mol. The summed E-state index contributed by atoms with van der Waals surface area (Å²) in [5, 5.41) is 9.29. The number of nitrogens with zero attached hydrogens (tertiary/aromatic N) is 2. The molecule has 0 unspecified atom stereocenters. The van der Waals surface area contributed by atoms with E-state index in [9.17, 15) is 9.90 Å². The van der Waals surface area contributed by atoms with E-state index in [1.807, 2.05) is 12.1 Å². The molecule has 2 heterocycles. The first-order valence-corrected chi connectivity index (χ1v) is 8.59.